The summed E-state index contributed by atoms with van der Waals surface area (Å²) in [5, 5.41) is 28.2. The van der Waals surface area contributed by atoms with Crippen LogP contribution in [0, 0.1) is 0 Å². The average molecular weight is 528 g/mol. The normalized spacial score (nSPS) is 12.2. The first-order valence-electron chi connectivity index (χ1n) is 11.0. The van der Waals surface area contributed by atoms with Gasteiger partial charge in [0.05, 0.1) is 25.4 Å². The number of halogens is 3. The number of fused-ring (bicyclic) bond motifs is 1. The van der Waals surface area contributed by atoms with Gasteiger partial charge in [-0.15, -0.1) is 0 Å². The van der Waals surface area contributed by atoms with E-state index in [4.69, 9.17) is 16.0 Å². The zero-order valence-corrected chi connectivity index (χ0v) is 19.8. The van der Waals surface area contributed by atoms with Crippen LogP contribution in [0.1, 0.15) is 17.1 Å². The molecule has 37 heavy (non-hydrogen) atoms. The Bertz CT molecular complexity index is 1510. The van der Waals surface area contributed by atoms with Crippen LogP contribution in [-0.2, 0) is 11.3 Å². The van der Waals surface area contributed by atoms with Crippen molar-refractivity contribution >= 4 is 28.5 Å². The Morgan fingerprint density at radius 3 is 2.59 bits per heavy atom. The minimum absolute atomic E-state index is 0.0375. The number of rotatable bonds is 9. The zero-order valence-electron chi connectivity index (χ0n) is 19.1. The van der Waals surface area contributed by atoms with Gasteiger partial charge in [-0.1, -0.05) is 17.7 Å². The van der Waals surface area contributed by atoms with E-state index >= 15 is 0 Å². The molecule has 0 unspecified atom stereocenters. The molecule has 190 valence electrons. The van der Waals surface area contributed by atoms with Crippen molar-refractivity contribution in [2.45, 2.75) is 11.3 Å². The van der Waals surface area contributed by atoms with Crippen LogP contribution in [0.4, 0.5) is 14.6 Å². The molecule has 0 aliphatic carbocycles. The van der Waals surface area contributed by atoms with Gasteiger partial charge in [0.15, 0.2) is 16.9 Å². The van der Waals surface area contributed by atoms with Gasteiger partial charge in [-0.25, -0.2) is 19.6 Å². The van der Waals surface area contributed by atoms with Crippen molar-refractivity contribution in [3.05, 3.63) is 89.7 Å². The monoisotopic (exact) mass is 527 g/mol. The van der Waals surface area contributed by atoms with Gasteiger partial charge in [0, 0.05) is 23.5 Å². The van der Waals surface area contributed by atoms with Gasteiger partial charge in [0.25, 0.3) is 0 Å². The predicted octanol–water partition coefficient (Wildman–Crippen LogP) is 3.33. The number of aliphatic hydroxyl groups excluding tert-OH is 2. The number of nitrogens with one attached hydrogen (secondary N) is 1. The van der Waals surface area contributed by atoms with Crippen molar-refractivity contribution in [3.8, 4) is 5.69 Å². The van der Waals surface area contributed by atoms with Crippen molar-refractivity contribution in [1.82, 2.24) is 29.7 Å². The molecular formula is C24H20ClF2N7O3. The Hall–Kier alpha value is -4.00. The van der Waals surface area contributed by atoms with Gasteiger partial charge in [-0.2, -0.15) is 13.9 Å². The van der Waals surface area contributed by atoms with E-state index in [-0.39, 0.29) is 22.8 Å². The smallest absolute Gasteiger partial charge is 0.306 e. The molecular weight excluding hydrogens is 508 g/mol. The van der Waals surface area contributed by atoms with E-state index in [0.717, 1.165) is 0 Å². The standard InChI is InChI=1S/C24H20ClF2N7O3/c25-15-4-5-17(34-14-28-13-32-34)16(9-15)23(11-35,12-36)22-33-20-18(37-22)6-8-30-21(20)31-10-24(26,27)19-3-1-2-7-29-19/h1-9,13-14,35-36H,10-12H2,(H,30,31). The number of hydrogen-bond donors (Lipinski definition) is 3. The van der Waals surface area contributed by atoms with Gasteiger partial charge in [-0.3, -0.25) is 4.98 Å². The van der Waals surface area contributed by atoms with E-state index in [1.807, 2.05) is 0 Å². The summed E-state index contributed by atoms with van der Waals surface area (Å²) in [4.78, 5) is 16.3. The maximum Gasteiger partial charge on any atom is 0.306 e. The van der Waals surface area contributed by atoms with Gasteiger partial charge in [0.2, 0.25) is 5.89 Å². The number of anilines is 1. The molecule has 0 aliphatic rings. The van der Waals surface area contributed by atoms with E-state index in [0.29, 0.717) is 16.3 Å². The Balaban J connectivity index is 1.56. The molecule has 5 aromatic rings. The summed E-state index contributed by atoms with van der Waals surface area (Å²) in [5.41, 5.74) is -0.767. The highest BCUT2D eigenvalue weighted by atomic mass is 35.5. The fourth-order valence-corrected chi connectivity index (χ4v) is 4.12. The molecule has 13 heteroatoms. The van der Waals surface area contributed by atoms with E-state index in [2.05, 4.69) is 30.4 Å². The number of hydrogen-bond acceptors (Lipinski definition) is 9. The van der Waals surface area contributed by atoms with Crippen LogP contribution in [0.15, 0.2) is 71.9 Å². The minimum Gasteiger partial charge on any atom is -0.439 e. The quantitative estimate of drug-likeness (QED) is 0.264. The molecule has 0 aliphatic heterocycles. The predicted molar refractivity (Wildman–Crippen MR) is 130 cm³/mol. The van der Waals surface area contributed by atoms with Crippen molar-refractivity contribution in [3.63, 3.8) is 0 Å². The van der Waals surface area contributed by atoms with Crippen LogP contribution in [0.2, 0.25) is 5.02 Å². The summed E-state index contributed by atoms with van der Waals surface area (Å²) in [6, 6.07) is 10.6. The van der Waals surface area contributed by atoms with Crippen LogP contribution >= 0.6 is 11.6 Å². The summed E-state index contributed by atoms with van der Waals surface area (Å²) < 4.78 is 36.8. The third-order valence-electron chi connectivity index (χ3n) is 5.91. The van der Waals surface area contributed by atoms with E-state index in [9.17, 15) is 19.0 Å². The van der Waals surface area contributed by atoms with Crippen LogP contribution in [0.5, 0.6) is 0 Å². The molecule has 0 radical (unpaired) electrons. The summed E-state index contributed by atoms with van der Waals surface area (Å²) in [7, 11) is 0. The Morgan fingerprint density at radius 2 is 1.89 bits per heavy atom. The van der Waals surface area contributed by atoms with Gasteiger partial charge in [-0.05, 0) is 35.9 Å². The second kappa shape index (κ2) is 9.81. The van der Waals surface area contributed by atoms with E-state index in [1.54, 1.807) is 24.3 Å². The molecule has 5 rings (SSSR count). The first-order valence-corrected chi connectivity index (χ1v) is 11.4. The number of aliphatic hydroxyl groups is 2. The van der Waals surface area contributed by atoms with Crippen LogP contribution in [-0.4, -0.2) is 59.7 Å². The first kappa shape index (κ1) is 24.7. The fourth-order valence-electron chi connectivity index (χ4n) is 3.95. The molecule has 4 aromatic heterocycles. The lowest BCUT2D eigenvalue weighted by atomic mass is 9.80. The topological polar surface area (TPSA) is 135 Å². The first-order chi connectivity index (χ1) is 17.9. The Morgan fingerprint density at radius 1 is 1.05 bits per heavy atom. The number of oxazole rings is 1. The average Bonchev–Trinajstić information content (AvgIpc) is 3.60. The maximum absolute atomic E-state index is 14.7. The summed E-state index contributed by atoms with van der Waals surface area (Å²) >= 11 is 6.27. The van der Waals surface area contributed by atoms with Crippen molar-refractivity contribution in [1.29, 1.82) is 0 Å². The number of nitrogens with zero attached hydrogens (tertiary/aromatic N) is 6. The molecule has 0 bridgehead atoms. The zero-order chi connectivity index (χ0) is 26.0. The van der Waals surface area contributed by atoms with Crippen LogP contribution < -0.4 is 5.32 Å². The number of benzene rings is 1. The van der Waals surface area contributed by atoms with Gasteiger partial charge >= 0.3 is 5.92 Å². The maximum atomic E-state index is 14.7. The van der Waals surface area contributed by atoms with Crippen molar-refractivity contribution in [2.75, 3.05) is 25.1 Å². The fraction of sp³-hybridized carbons (Fsp3) is 0.208. The van der Waals surface area contributed by atoms with Gasteiger partial charge in [0.1, 0.15) is 23.8 Å². The van der Waals surface area contributed by atoms with Crippen LogP contribution in [0.3, 0.4) is 0 Å². The van der Waals surface area contributed by atoms with Crippen LogP contribution in [0.25, 0.3) is 16.8 Å². The summed E-state index contributed by atoms with van der Waals surface area (Å²) in [6.07, 6.45) is 5.45. The Labute approximate surface area is 213 Å². The molecule has 0 spiro atoms. The number of pyridine rings is 2. The molecule has 4 heterocycles. The molecule has 0 atom stereocenters. The summed E-state index contributed by atoms with van der Waals surface area (Å²) in [6.45, 7) is -2.03. The molecule has 3 N–H and O–H groups in total. The molecule has 0 amide bonds. The van der Waals surface area contributed by atoms with E-state index in [1.165, 1.54) is 47.9 Å². The lowest BCUT2D eigenvalue weighted by molar-refractivity contribution is 0.00594. The number of alkyl halides is 2. The highest BCUT2D eigenvalue weighted by molar-refractivity contribution is 6.30. The van der Waals surface area contributed by atoms with Crippen molar-refractivity contribution < 1.29 is 23.4 Å². The highest BCUT2D eigenvalue weighted by Crippen LogP contribution is 2.38. The lowest BCUT2D eigenvalue weighted by Crippen LogP contribution is -2.37. The van der Waals surface area contributed by atoms with Gasteiger partial charge < -0.3 is 19.9 Å². The lowest BCUT2D eigenvalue weighted by Gasteiger charge is -2.29. The second-order valence-corrected chi connectivity index (χ2v) is 8.63. The summed E-state index contributed by atoms with van der Waals surface area (Å²) in [5.74, 6) is -3.32. The second-order valence-electron chi connectivity index (χ2n) is 8.20. The molecule has 0 fully saturated rings. The molecule has 0 saturated heterocycles. The SMILES string of the molecule is OCC(CO)(c1nc2c(NCC(F)(F)c3ccccn3)nccc2o1)c1cc(Cl)ccc1-n1cncn1. The third kappa shape index (κ3) is 4.50. The van der Waals surface area contributed by atoms with E-state index < -0.39 is 36.8 Å². The third-order valence-corrected chi connectivity index (χ3v) is 6.15. The number of aromatic nitrogens is 6. The Kier molecular flexibility index (Phi) is 6.54. The molecule has 10 nitrogen and oxygen atoms in total. The van der Waals surface area contributed by atoms with Crippen molar-refractivity contribution in [2.24, 2.45) is 0 Å². The minimum atomic E-state index is -3.29. The largest absolute Gasteiger partial charge is 0.439 e. The molecule has 0 saturated carbocycles. The molecule has 1 aromatic carbocycles. The highest BCUT2D eigenvalue weighted by Gasteiger charge is 2.42.